The van der Waals surface area contributed by atoms with Crippen LogP contribution in [0.4, 0.5) is 0 Å². The Hall–Kier alpha value is -2.10. The zero-order valence-corrected chi connectivity index (χ0v) is 13.5. The molecule has 3 rings (SSSR count). The van der Waals surface area contributed by atoms with Crippen molar-refractivity contribution in [1.29, 1.82) is 0 Å². The van der Waals surface area contributed by atoms with Crippen molar-refractivity contribution in [3.05, 3.63) is 47.7 Å². The maximum Gasteiger partial charge on any atom is 0.317 e. The molecule has 1 fully saturated rings. The van der Waals surface area contributed by atoms with Gasteiger partial charge < -0.3 is 9.64 Å². The third-order valence-electron chi connectivity index (χ3n) is 4.73. The molecule has 0 bridgehead atoms. The molecule has 0 N–H and O–H groups in total. The maximum absolute atomic E-state index is 12.7. The Labute approximate surface area is 137 Å². The molecule has 122 valence electrons. The number of esters is 1. The van der Waals surface area contributed by atoms with Crippen molar-refractivity contribution < 1.29 is 14.3 Å². The van der Waals surface area contributed by atoms with E-state index in [1.807, 2.05) is 30.3 Å². The van der Waals surface area contributed by atoms with Crippen molar-refractivity contribution in [3.63, 3.8) is 0 Å². The molecule has 2 atom stereocenters. The molecule has 0 amide bonds. The van der Waals surface area contributed by atoms with Gasteiger partial charge in [-0.25, -0.2) is 0 Å². The first-order valence-corrected chi connectivity index (χ1v) is 8.41. The van der Waals surface area contributed by atoms with E-state index in [1.165, 1.54) is 12.8 Å². The molecule has 0 spiro atoms. The molecule has 0 saturated carbocycles. The summed E-state index contributed by atoms with van der Waals surface area (Å²) in [5.74, 6) is -1.37. The van der Waals surface area contributed by atoms with Gasteiger partial charge in [-0.1, -0.05) is 30.3 Å². The minimum absolute atomic E-state index is 0.120. The SMILES string of the molecule is CCOC(=O)C1C(=O)C=C(N2CCCC2)CC1c1ccccc1. The van der Waals surface area contributed by atoms with Crippen molar-refractivity contribution in [2.75, 3.05) is 19.7 Å². The van der Waals surface area contributed by atoms with E-state index in [4.69, 9.17) is 4.74 Å². The summed E-state index contributed by atoms with van der Waals surface area (Å²) < 4.78 is 5.16. The van der Waals surface area contributed by atoms with Gasteiger partial charge in [-0.3, -0.25) is 9.59 Å². The van der Waals surface area contributed by atoms with Crippen LogP contribution in [0.15, 0.2) is 42.1 Å². The molecule has 2 aliphatic rings. The van der Waals surface area contributed by atoms with E-state index in [0.29, 0.717) is 6.61 Å². The normalized spacial score (nSPS) is 24.5. The largest absolute Gasteiger partial charge is 0.465 e. The molecule has 1 aromatic rings. The summed E-state index contributed by atoms with van der Waals surface area (Å²) in [6.07, 6.45) is 4.73. The molecule has 4 nitrogen and oxygen atoms in total. The monoisotopic (exact) mass is 313 g/mol. The Bertz CT molecular complexity index is 602. The summed E-state index contributed by atoms with van der Waals surface area (Å²) in [6, 6.07) is 9.85. The third kappa shape index (κ3) is 3.31. The highest BCUT2D eigenvalue weighted by Crippen LogP contribution is 2.38. The van der Waals surface area contributed by atoms with Gasteiger partial charge in [0.05, 0.1) is 6.61 Å². The Morgan fingerprint density at radius 3 is 2.57 bits per heavy atom. The number of carbonyl (C=O) groups excluding carboxylic acids is 2. The minimum atomic E-state index is -0.719. The average Bonchev–Trinajstić information content (AvgIpc) is 3.09. The van der Waals surface area contributed by atoms with E-state index in [-0.39, 0.29) is 11.7 Å². The van der Waals surface area contributed by atoms with E-state index in [1.54, 1.807) is 13.0 Å². The smallest absolute Gasteiger partial charge is 0.317 e. The first-order chi connectivity index (χ1) is 11.2. The highest BCUT2D eigenvalue weighted by molar-refractivity contribution is 6.07. The van der Waals surface area contributed by atoms with Crippen molar-refractivity contribution >= 4 is 11.8 Å². The van der Waals surface area contributed by atoms with Crippen molar-refractivity contribution in [3.8, 4) is 0 Å². The van der Waals surface area contributed by atoms with Gasteiger partial charge in [0.15, 0.2) is 5.78 Å². The zero-order valence-electron chi connectivity index (χ0n) is 13.5. The van der Waals surface area contributed by atoms with Crippen molar-refractivity contribution in [2.24, 2.45) is 5.92 Å². The lowest BCUT2D eigenvalue weighted by Gasteiger charge is -2.33. The fraction of sp³-hybridized carbons (Fsp3) is 0.474. The molecule has 1 aromatic carbocycles. The minimum Gasteiger partial charge on any atom is -0.465 e. The van der Waals surface area contributed by atoms with E-state index in [9.17, 15) is 9.59 Å². The number of hydrogen-bond donors (Lipinski definition) is 0. The van der Waals surface area contributed by atoms with Gasteiger partial charge in [0.25, 0.3) is 0 Å². The number of carbonyl (C=O) groups is 2. The molecule has 4 heteroatoms. The predicted molar refractivity (Wildman–Crippen MR) is 87.8 cm³/mol. The van der Waals surface area contributed by atoms with Gasteiger partial charge in [0.1, 0.15) is 5.92 Å². The Morgan fingerprint density at radius 1 is 1.22 bits per heavy atom. The van der Waals surface area contributed by atoms with Crippen LogP contribution >= 0.6 is 0 Å². The summed E-state index contributed by atoms with van der Waals surface area (Å²) in [5.41, 5.74) is 2.10. The van der Waals surface area contributed by atoms with E-state index in [0.717, 1.165) is 30.8 Å². The van der Waals surface area contributed by atoms with Crippen LogP contribution in [0.5, 0.6) is 0 Å². The second-order valence-corrected chi connectivity index (χ2v) is 6.18. The van der Waals surface area contributed by atoms with Crippen LogP contribution in [0.25, 0.3) is 0 Å². The molecule has 1 aliphatic heterocycles. The number of benzene rings is 1. The van der Waals surface area contributed by atoms with Crippen LogP contribution in [0.3, 0.4) is 0 Å². The summed E-state index contributed by atoms with van der Waals surface area (Å²) in [6.45, 7) is 4.08. The number of ether oxygens (including phenoxy) is 1. The summed E-state index contributed by atoms with van der Waals surface area (Å²) in [5, 5.41) is 0. The first kappa shape index (κ1) is 15.8. The number of rotatable bonds is 4. The Morgan fingerprint density at radius 2 is 1.91 bits per heavy atom. The van der Waals surface area contributed by atoms with E-state index in [2.05, 4.69) is 4.90 Å². The molecule has 2 unspecified atom stereocenters. The number of hydrogen-bond acceptors (Lipinski definition) is 4. The van der Waals surface area contributed by atoms with Crippen LogP contribution in [0.2, 0.25) is 0 Å². The fourth-order valence-electron chi connectivity index (χ4n) is 3.60. The zero-order chi connectivity index (χ0) is 16.2. The number of likely N-dealkylation sites (tertiary alicyclic amines) is 1. The fourth-order valence-corrected chi connectivity index (χ4v) is 3.60. The van der Waals surface area contributed by atoms with Gasteiger partial charge in [0, 0.05) is 30.8 Å². The van der Waals surface area contributed by atoms with Crippen LogP contribution in [-0.2, 0) is 14.3 Å². The second-order valence-electron chi connectivity index (χ2n) is 6.18. The highest BCUT2D eigenvalue weighted by Gasteiger charge is 2.40. The second kappa shape index (κ2) is 6.99. The molecule has 0 radical (unpaired) electrons. The predicted octanol–water partition coefficient (Wildman–Crippen LogP) is 2.90. The Balaban J connectivity index is 1.92. The van der Waals surface area contributed by atoms with Crippen LogP contribution in [0.1, 0.15) is 37.7 Å². The summed E-state index contributed by atoms with van der Waals surface area (Å²) in [4.78, 5) is 27.3. The lowest BCUT2D eigenvalue weighted by molar-refractivity contribution is -0.151. The molecule has 0 aromatic heterocycles. The standard InChI is InChI=1S/C19H23NO3/c1-2-23-19(22)18-16(14-8-4-3-5-9-14)12-15(13-17(18)21)20-10-6-7-11-20/h3-5,8-9,13,16,18H,2,6-7,10-12H2,1H3. The van der Waals surface area contributed by atoms with E-state index >= 15 is 0 Å². The summed E-state index contributed by atoms with van der Waals surface area (Å²) in [7, 11) is 0. The third-order valence-corrected chi connectivity index (χ3v) is 4.73. The molecule has 1 saturated heterocycles. The first-order valence-electron chi connectivity index (χ1n) is 8.41. The molecular weight excluding hydrogens is 290 g/mol. The number of ketones is 1. The van der Waals surface area contributed by atoms with Crippen molar-refractivity contribution in [2.45, 2.75) is 32.1 Å². The molecule has 1 heterocycles. The summed E-state index contributed by atoms with van der Waals surface area (Å²) >= 11 is 0. The van der Waals surface area contributed by atoms with Crippen molar-refractivity contribution in [1.82, 2.24) is 4.90 Å². The van der Waals surface area contributed by atoms with Gasteiger partial charge in [-0.2, -0.15) is 0 Å². The lowest BCUT2D eigenvalue weighted by Crippen LogP contribution is -2.37. The average molecular weight is 313 g/mol. The number of nitrogens with zero attached hydrogens (tertiary/aromatic N) is 1. The van der Waals surface area contributed by atoms with E-state index < -0.39 is 11.9 Å². The van der Waals surface area contributed by atoms with Crippen LogP contribution in [-0.4, -0.2) is 36.3 Å². The molecular formula is C19H23NO3. The van der Waals surface area contributed by atoms with Gasteiger partial charge >= 0.3 is 5.97 Å². The quantitative estimate of drug-likeness (QED) is 0.633. The Kier molecular flexibility index (Phi) is 4.79. The lowest BCUT2D eigenvalue weighted by atomic mass is 9.76. The van der Waals surface area contributed by atoms with Crippen LogP contribution < -0.4 is 0 Å². The van der Waals surface area contributed by atoms with Gasteiger partial charge in [0.2, 0.25) is 0 Å². The molecule has 1 aliphatic carbocycles. The topological polar surface area (TPSA) is 46.6 Å². The van der Waals surface area contributed by atoms with Gasteiger partial charge in [-0.15, -0.1) is 0 Å². The van der Waals surface area contributed by atoms with Crippen LogP contribution in [0, 0.1) is 5.92 Å². The maximum atomic E-state index is 12.7. The van der Waals surface area contributed by atoms with Gasteiger partial charge in [-0.05, 0) is 31.7 Å². The number of allylic oxidation sites excluding steroid dienone is 2. The highest BCUT2D eigenvalue weighted by atomic mass is 16.5. The molecule has 23 heavy (non-hydrogen) atoms.